The fourth-order valence-electron chi connectivity index (χ4n) is 1.80. The van der Waals surface area contributed by atoms with E-state index in [2.05, 4.69) is 10.3 Å². The number of nitrogens with one attached hydrogen (secondary N) is 1. The Morgan fingerprint density at radius 3 is 2.68 bits per heavy atom. The zero-order valence-electron chi connectivity index (χ0n) is 10.3. The summed E-state index contributed by atoms with van der Waals surface area (Å²) >= 11 is 0. The number of hydrazine groups is 1. The topological polar surface area (TPSA) is 123 Å². The highest BCUT2D eigenvalue weighted by atomic mass is 32.2. The van der Waals surface area contributed by atoms with Gasteiger partial charge in [-0.25, -0.2) is 14.3 Å². The first kappa shape index (κ1) is 13.9. The molecule has 0 spiro atoms. The van der Waals surface area contributed by atoms with Gasteiger partial charge in [0.2, 0.25) is 0 Å². The number of nitrogens with two attached hydrogens (primary N) is 1. The van der Waals surface area contributed by atoms with Crippen LogP contribution in [0.25, 0.3) is 0 Å². The van der Waals surface area contributed by atoms with E-state index >= 15 is 0 Å². The van der Waals surface area contributed by atoms with E-state index in [1.165, 1.54) is 10.9 Å². The summed E-state index contributed by atoms with van der Waals surface area (Å²) in [6.45, 7) is 2.29. The maximum atomic E-state index is 11.3. The summed E-state index contributed by atoms with van der Waals surface area (Å²) in [4.78, 5) is 13.2. The van der Waals surface area contributed by atoms with Crippen molar-refractivity contribution in [3.8, 4) is 0 Å². The lowest BCUT2D eigenvalue weighted by Crippen LogP contribution is -2.41. The molecule has 0 aromatic carbocycles. The monoisotopic (exact) mass is 288 g/mol. The van der Waals surface area contributed by atoms with Crippen LogP contribution in [-0.4, -0.2) is 65.4 Å². The van der Waals surface area contributed by atoms with Gasteiger partial charge in [0.1, 0.15) is 0 Å². The van der Waals surface area contributed by atoms with Crippen LogP contribution in [0, 0.1) is 0 Å². The summed E-state index contributed by atoms with van der Waals surface area (Å²) in [5.74, 6) is 4.90. The van der Waals surface area contributed by atoms with Gasteiger partial charge < -0.3 is 0 Å². The van der Waals surface area contributed by atoms with Gasteiger partial charge in [-0.3, -0.25) is 19.8 Å². The highest BCUT2D eigenvalue weighted by molar-refractivity contribution is 7.91. The number of amides is 1. The van der Waals surface area contributed by atoms with Gasteiger partial charge in [-0.15, -0.1) is 5.10 Å². The first-order valence-electron chi connectivity index (χ1n) is 5.84. The van der Waals surface area contributed by atoms with Crippen molar-refractivity contribution in [1.82, 2.24) is 25.3 Å². The summed E-state index contributed by atoms with van der Waals surface area (Å²) in [7, 11) is -2.85. The van der Waals surface area contributed by atoms with Crippen LogP contribution in [0.2, 0.25) is 0 Å². The van der Waals surface area contributed by atoms with Crippen molar-refractivity contribution >= 4 is 15.7 Å². The van der Waals surface area contributed by atoms with Gasteiger partial charge in [0.15, 0.2) is 15.5 Å². The van der Waals surface area contributed by atoms with Crippen LogP contribution in [0.3, 0.4) is 0 Å². The van der Waals surface area contributed by atoms with Crippen LogP contribution in [0.4, 0.5) is 0 Å². The second kappa shape index (κ2) is 5.63. The molecule has 1 aromatic rings. The van der Waals surface area contributed by atoms with E-state index in [1.807, 2.05) is 10.3 Å². The van der Waals surface area contributed by atoms with E-state index in [0.29, 0.717) is 26.2 Å². The SMILES string of the molecule is NNC(=O)c1cn(CCN2CCS(=O)(=O)CC2)nn1. The van der Waals surface area contributed by atoms with Crippen LogP contribution in [0.15, 0.2) is 6.20 Å². The number of aromatic nitrogens is 3. The molecule has 1 aliphatic rings. The van der Waals surface area contributed by atoms with Crippen LogP contribution in [0.1, 0.15) is 10.5 Å². The van der Waals surface area contributed by atoms with E-state index in [1.54, 1.807) is 0 Å². The highest BCUT2D eigenvalue weighted by Gasteiger charge is 2.21. The zero-order chi connectivity index (χ0) is 13.9. The highest BCUT2D eigenvalue weighted by Crippen LogP contribution is 2.03. The molecule has 2 heterocycles. The van der Waals surface area contributed by atoms with Crippen LogP contribution in [0.5, 0.6) is 0 Å². The normalized spacial score (nSPS) is 19.2. The van der Waals surface area contributed by atoms with Crippen molar-refractivity contribution in [3.05, 3.63) is 11.9 Å². The molecule has 1 amide bonds. The Hall–Kier alpha value is -1.52. The minimum Gasteiger partial charge on any atom is -0.299 e. The molecule has 1 saturated heterocycles. The third-order valence-electron chi connectivity index (χ3n) is 2.98. The number of carbonyl (C=O) groups excluding carboxylic acids is 1. The second-order valence-corrected chi connectivity index (χ2v) is 6.64. The number of hydrogen-bond acceptors (Lipinski definition) is 7. The maximum Gasteiger partial charge on any atom is 0.287 e. The lowest BCUT2D eigenvalue weighted by atomic mass is 10.4. The van der Waals surface area contributed by atoms with E-state index in [-0.39, 0.29) is 17.2 Å². The molecular formula is C9H16N6O3S. The third kappa shape index (κ3) is 3.72. The number of rotatable bonds is 4. The molecule has 10 heteroatoms. The van der Waals surface area contributed by atoms with E-state index in [4.69, 9.17) is 5.84 Å². The van der Waals surface area contributed by atoms with Crippen molar-refractivity contribution in [2.75, 3.05) is 31.1 Å². The Balaban J connectivity index is 1.83. The Kier molecular flexibility index (Phi) is 4.12. The molecule has 0 radical (unpaired) electrons. The molecule has 2 rings (SSSR count). The molecule has 0 unspecified atom stereocenters. The molecule has 0 saturated carbocycles. The summed E-state index contributed by atoms with van der Waals surface area (Å²) < 4.78 is 24.1. The number of nitrogens with zero attached hydrogens (tertiary/aromatic N) is 4. The van der Waals surface area contributed by atoms with Crippen molar-refractivity contribution in [1.29, 1.82) is 0 Å². The number of nitrogen functional groups attached to an aromatic ring is 1. The predicted octanol–water partition coefficient (Wildman–Crippen LogP) is -2.39. The van der Waals surface area contributed by atoms with Gasteiger partial charge in [0, 0.05) is 19.6 Å². The van der Waals surface area contributed by atoms with Crippen molar-refractivity contribution in [2.24, 2.45) is 5.84 Å². The van der Waals surface area contributed by atoms with Crippen molar-refractivity contribution in [3.63, 3.8) is 0 Å². The van der Waals surface area contributed by atoms with E-state index < -0.39 is 15.7 Å². The van der Waals surface area contributed by atoms with Gasteiger partial charge in [0.05, 0.1) is 24.2 Å². The molecule has 0 bridgehead atoms. The van der Waals surface area contributed by atoms with Gasteiger partial charge in [0.25, 0.3) is 5.91 Å². The average molecular weight is 288 g/mol. The molecular weight excluding hydrogens is 272 g/mol. The first-order chi connectivity index (χ1) is 9.00. The molecule has 0 atom stereocenters. The Morgan fingerprint density at radius 1 is 1.37 bits per heavy atom. The van der Waals surface area contributed by atoms with Gasteiger partial charge in [-0.1, -0.05) is 5.21 Å². The van der Waals surface area contributed by atoms with E-state index in [0.717, 1.165) is 0 Å². The lowest BCUT2D eigenvalue weighted by Gasteiger charge is -2.26. The predicted molar refractivity (Wildman–Crippen MR) is 66.8 cm³/mol. The van der Waals surface area contributed by atoms with Crippen molar-refractivity contribution < 1.29 is 13.2 Å². The molecule has 1 aromatic heterocycles. The maximum absolute atomic E-state index is 11.3. The second-order valence-electron chi connectivity index (χ2n) is 4.33. The Labute approximate surface area is 110 Å². The Morgan fingerprint density at radius 2 is 2.05 bits per heavy atom. The Bertz CT molecular complexity index is 540. The molecule has 9 nitrogen and oxygen atoms in total. The van der Waals surface area contributed by atoms with Gasteiger partial charge >= 0.3 is 0 Å². The standard InChI is InChI=1S/C9H16N6O3S/c10-11-9(16)8-7-15(13-12-8)2-1-14-3-5-19(17,18)6-4-14/h7H,1-6,10H2,(H,11,16). The van der Waals surface area contributed by atoms with Crippen LogP contribution < -0.4 is 11.3 Å². The lowest BCUT2D eigenvalue weighted by molar-refractivity contribution is 0.0948. The molecule has 3 N–H and O–H groups in total. The van der Waals surface area contributed by atoms with Crippen molar-refractivity contribution in [2.45, 2.75) is 6.54 Å². The zero-order valence-corrected chi connectivity index (χ0v) is 11.1. The fourth-order valence-corrected chi connectivity index (χ4v) is 3.08. The molecule has 0 aliphatic carbocycles. The third-order valence-corrected chi connectivity index (χ3v) is 4.59. The smallest absolute Gasteiger partial charge is 0.287 e. The number of hydrogen-bond donors (Lipinski definition) is 2. The van der Waals surface area contributed by atoms with Gasteiger partial charge in [-0.2, -0.15) is 0 Å². The molecule has 106 valence electrons. The van der Waals surface area contributed by atoms with Crippen LogP contribution >= 0.6 is 0 Å². The minimum atomic E-state index is -2.85. The van der Waals surface area contributed by atoms with Gasteiger partial charge in [-0.05, 0) is 0 Å². The molecule has 1 fully saturated rings. The quantitative estimate of drug-likeness (QED) is 0.360. The number of carbonyl (C=O) groups is 1. The summed E-state index contributed by atoms with van der Waals surface area (Å²) in [5.41, 5.74) is 2.13. The molecule has 19 heavy (non-hydrogen) atoms. The van der Waals surface area contributed by atoms with Crippen LogP contribution in [-0.2, 0) is 16.4 Å². The fraction of sp³-hybridized carbons (Fsp3) is 0.667. The minimum absolute atomic E-state index is 0.156. The van der Waals surface area contributed by atoms with E-state index in [9.17, 15) is 13.2 Å². The summed E-state index contributed by atoms with van der Waals surface area (Å²) in [5, 5.41) is 7.48. The summed E-state index contributed by atoms with van der Waals surface area (Å²) in [6, 6.07) is 0. The largest absolute Gasteiger partial charge is 0.299 e. The molecule has 1 aliphatic heterocycles. The summed E-state index contributed by atoms with van der Waals surface area (Å²) in [6.07, 6.45) is 1.50. The first-order valence-corrected chi connectivity index (χ1v) is 7.66. The average Bonchev–Trinajstić information content (AvgIpc) is 2.85. The number of sulfone groups is 1.